The Morgan fingerprint density at radius 2 is 1.48 bits per heavy atom. The Hall–Kier alpha value is -1.71. The monoisotopic (exact) mass is 350 g/mol. The van der Waals surface area contributed by atoms with Crippen LogP contribution in [0.3, 0.4) is 0 Å². The minimum Gasteiger partial charge on any atom is -0.490 e. The molecule has 0 atom stereocenters. The summed E-state index contributed by atoms with van der Waals surface area (Å²) < 4.78 is 11.8. The Morgan fingerprint density at radius 1 is 0.880 bits per heavy atom. The summed E-state index contributed by atoms with van der Waals surface area (Å²) in [6.07, 6.45) is 9.95. The molecule has 0 heterocycles. The number of unbranched alkanes of at least 4 members (excludes halogenated alkanes) is 6. The highest BCUT2D eigenvalue weighted by molar-refractivity contribution is 5.67. The fourth-order valence-corrected chi connectivity index (χ4v) is 2.61. The number of carboxylic acid groups (broad SMARTS) is 1. The molecule has 1 N–H and O–H groups in total. The van der Waals surface area contributed by atoms with Gasteiger partial charge >= 0.3 is 5.97 Å². The topological polar surface area (TPSA) is 55.8 Å². The van der Waals surface area contributed by atoms with E-state index in [-0.39, 0.29) is 6.42 Å². The number of hydrogen-bond acceptors (Lipinski definition) is 3. The summed E-state index contributed by atoms with van der Waals surface area (Å²) in [5.41, 5.74) is 0.976. The van der Waals surface area contributed by atoms with Gasteiger partial charge in [0.05, 0.1) is 13.2 Å². The van der Waals surface area contributed by atoms with Crippen LogP contribution in [0.1, 0.15) is 77.2 Å². The van der Waals surface area contributed by atoms with Crippen molar-refractivity contribution in [1.82, 2.24) is 0 Å². The molecule has 4 nitrogen and oxygen atoms in total. The lowest BCUT2D eigenvalue weighted by Crippen LogP contribution is -2.04. The van der Waals surface area contributed by atoms with Gasteiger partial charge in [-0.1, -0.05) is 58.4 Å². The van der Waals surface area contributed by atoms with Gasteiger partial charge in [0.25, 0.3) is 0 Å². The molecule has 0 aromatic heterocycles. The third kappa shape index (κ3) is 10.0. The second kappa shape index (κ2) is 13.6. The van der Waals surface area contributed by atoms with Gasteiger partial charge in [0.2, 0.25) is 0 Å². The molecule has 0 amide bonds. The molecule has 142 valence electrons. The third-order valence-electron chi connectivity index (χ3n) is 4.15. The second-order valence-corrected chi connectivity index (χ2v) is 6.49. The second-order valence-electron chi connectivity index (χ2n) is 6.49. The predicted octanol–water partition coefficient (Wildman–Crippen LogP) is 5.62. The summed E-state index contributed by atoms with van der Waals surface area (Å²) in [6, 6.07) is 5.79. The molecule has 25 heavy (non-hydrogen) atoms. The Kier molecular flexibility index (Phi) is 11.6. The summed E-state index contributed by atoms with van der Waals surface area (Å²) in [6.45, 7) is 5.76. The van der Waals surface area contributed by atoms with E-state index in [4.69, 9.17) is 14.6 Å². The molecule has 1 aromatic rings. The Morgan fingerprint density at radius 3 is 2.04 bits per heavy atom. The lowest BCUT2D eigenvalue weighted by atomic mass is 10.1. The fourth-order valence-electron chi connectivity index (χ4n) is 2.61. The van der Waals surface area contributed by atoms with Crippen LogP contribution in [0.2, 0.25) is 0 Å². The van der Waals surface area contributed by atoms with Crippen molar-refractivity contribution in [1.29, 1.82) is 0 Å². The molecule has 1 aromatic carbocycles. The Labute approximate surface area is 152 Å². The zero-order chi connectivity index (χ0) is 18.3. The first-order valence-electron chi connectivity index (χ1n) is 9.77. The van der Waals surface area contributed by atoms with Crippen LogP contribution in [0.15, 0.2) is 18.2 Å². The third-order valence-corrected chi connectivity index (χ3v) is 4.15. The summed E-state index contributed by atoms with van der Waals surface area (Å²) in [7, 11) is 0. The molecule has 0 aliphatic heterocycles. The average molecular weight is 350 g/mol. The normalized spacial score (nSPS) is 10.6. The minimum atomic E-state index is -0.779. The molecule has 0 bridgehead atoms. The molecular weight excluding hydrogens is 316 g/mol. The molecule has 0 fully saturated rings. The molecule has 0 aliphatic carbocycles. The van der Waals surface area contributed by atoms with E-state index < -0.39 is 5.97 Å². The first-order chi connectivity index (χ1) is 12.2. The highest BCUT2D eigenvalue weighted by Gasteiger charge is 2.08. The number of ether oxygens (including phenoxy) is 2. The van der Waals surface area contributed by atoms with Crippen molar-refractivity contribution in [2.45, 2.75) is 78.1 Å². The van der Waals surface area contributed by atoms with Crippen LogP contribution in [0.25, 0.3) is 0 Å². The molecule has 0 spiro atoms. The smallest absolute Gasteiger partial charge is 0.303 e. The Bertz CT molecular complexity index is 485. The maximum absolute atomic E-state index is 10.8. The molecule has 0 saturated carbocycles. The summed E-state index contributed by atoms with van der Waals surface area (Å²) >= 11 is 0. The van der Waals surface area contributed by atoms with E-state index in [0.717, 1.165) is 29.9 Å². The van der Waals surface area contributed by atoms with E-state index in [1.54, 1.807) is 0 Å². The molecule has 0 saturated heterocycles. The quantitative estimate of drug-likeness (QED) is 0.417. The predicted molar refractivity (Wildman–Crippen MR) is 102 cm³/mol. The van der Waals surface area contributed by atoms with Crippen LogP contribution in [-0.2, 0) is 11.2 Å². The van der Waals surface area contributed by atoms with Crippen LogP contribution in [0, 0.1) is 0 Å². The fraction of sp³-hybridized carbons (Fsp3) is 0.667. The van der Waals surface area contributed by atoms with Crippen molar-refractivity contribution in [2.24, 2.45) is 0 Å². The van der Waals surface area contributed by atoms with Crippen molar-refractivity contribution in [3.8, 4) is 11.5 Å². The standard InChI is InChI=1S/C21H34O4/c1-3-5-7-9-15-24-19-13-11-18(12-14-21(22)23)17-20(19)25-16-10-8-6-4-2/h11,13,17H,3-10,12,14-16H2,1-2H3,(H,22,23). The van der Waals surface area contributed by atoms with E-state index in [0.29, 0.717) is 19.6 Å². The van der Waals surface area contributed by atoms with Gasteiger partial charge in [0.15, 0.2) is 11.5 Å². The molecule has 1 rings (SSSR count). The Balaban J connectivity index is 2.59. The highest BCUT2D eigenvalue weighted by Crippen LogP contribution is 2.29. The van der Waals surface area contributed by atoms with Crippen molar-refractivity contribution < 1.29 is 19.4 Å². The summed E-state index contributed by atoms with van der Waals surface area (Å²) in [5, 5.41) is 8.85. The maximum Gasteiger partial charge on any atom is 0.303 e. The number of aliphatic carboxylic acids is 1. The number of hydrogen-bond donors (Lipinski definition) is 1. The molecule has 0 unspecified atom stereocenters. The molecule has 0 aliphatic rings. The number of rotatable bonds is 15. The SMILES string of the molecule is CCCCCCOc1ccc(CCC(=O)O)cc1OCCCCCC. The van der Waals surface area contributed by atoms with E-state index in [1.807, 2.05) is 18.2 Å². The lowest BCUT2D eigenvalue weighted by molar-refractivity contribution is -0.136. The van der Waals surface area contributed by atoms with Gasteiger partial charge < -0.3 is 14.6 Å². The van der Waals surface area contributed by atoms with Gasteiger partial charge in [-0.05, 0) is 37.0 Å². The van der Waals surface area contributed by atoms with Crippen molar-refractivity contribution >= 4 is 5.97 Å². The van der Waals surface area contributed by atoms with Gasteiger partial charge in [-0.25, -0.2) is 0 Å². The first kappa shape index (κ1) is 21.3. The zero-order valence-corrected chi connectivity index (χ0v) is 15.9. The minimum absolute atomic E-state index is 0.132. The molecule has 4 heteroatoms. The summed E-state index contributed by atoms with van der Waals surface area (Å²) in [4.78, 5) is 10.8. The van der Waals surface area contributed by atoms with Gasteiger partial charge in [-0.3, -0.25) is 4.79 Å². The van der Waals surface area contributed by atoms with E-state index in [1.165, 1.54) is 38.5 Å². The van der Waals surface area contributed by atoms with Crippen LogP contribution in [-0.4, -0.2) is 24.3 Å². The van der Waals surface area contributed by atoms with E-state index in [9.17, 15) is 4.79 Å². The van der Waals surface area contributed by atoms with Crippen LogP contribution < -0.4 is 9.47 Å². The van der Waals surface area contributed by atoms with E-state index >= 15 is 0 Å². The van der Waals surface area contributed by atoms with Gasteiger partial charge in [0, 0.05) is 6.42 Å². The lowest BCUT2D eigenvalue weighted by Gasteiger charge is -2.14. The van der Waals surface area contributed by atoms with Gasteiger partial charge in [-0.2, -0.15) is 0 Å². The highest BCUT2D eigenvalue weighted by atomic mass is 16.5. The number of aryl methyl sites for hydroxylation is 1. The maximum atomic E-state index is 10.8. The summed E-state index contributed by atoms with van der Waals surface area (Å²) in [5.74, 6) is 0.735. The molecular formula is C21H34O4. The van der Waals surface area contributed by atoms with Crippen LogP contribution >= 0.6 is 0 Å². The van der Waals surface area contributed by atoms with Crippen molar-refractivity contribution in [3.05, 3.63) is 23.8 Å². The number of carbonyl (C=O) groups is 1. The first-order valence-corrected chi connectivity index (χ1v) is 9.77. The van der Waals surface area contributed by atoms with Gasteiger partial charge in [-0.15, -0.1) is 0 Å². The number of benzene rings is 1. The van der Waals surface area contributed by atoms with Gasteiger partial charge in [0.1, 0.15) is 0 Å². The number of carboxylic acids is 1. The largest absolute Gasteiger partial charge is 0.490 e. The van der Waals surface area contributed by atoms with Crippen molar-refractivity contribution in [2.75, 3.05) is 13.2 Å². The van der Waals surface area contributed by atoms with Crippen LogP contribution in [0.5, 0.6) is 11.5 Å². The van der Waals surface area contributed by atoms with Crippen molar-refractivity contribution in [3.63, 3.8) is 0 Å². The van der Waals surface area contributed by atoms with Crippen LogP contribution in [0.4, 0.5) is 0 Å². The average Bonchev–Trinajstić information content (AvgIpc) is 2.60. The molecule has 0 radical (unpaired) electrons. The van der Waals surface area contributed by atoms with E-state index in [2.05, 4.69) is 13.8 Å². The zero-order valence-electron chi connectivity index (χ0n) is 15.9.